The van der Waals surface area contributed by atoms with Crippen LogP contribution in [0.15, 0.2) is 64.8 Å². The number of nitrogens with one attached hydrogen (secondary N) is 1. The number of hydrogen-bond acceptors (Lipinski definition) is 4. The fourth-order valence-electron chi connectivity index (χ4n) is 3.39. The Balaban J connectivity index is 1.59. The first-order valence-electron chi connectivity index (χ1n) is 10.4. The fraction of sp³-hybridized carbons (Fsp3) is 0.120. The van der Waals surface area contributed by atoms with E-state index in [1.54, 1.807) is 54.6 Å². The molecular weight excluding hydrogens is 579 g/mol. The molecule has 10 heteroatoms. The van der Waals surface area contributed by atoms with Crippen LogP contribution in [-0.2, 0) is 11.4 Å². The summed E-state index contributed by atoms with van der Waals surface area (Å²) in [7, 11) is 0. The monoisotopic (exact) mass is 594 g/mol. The number of benzene rings is 3. The summed E-state index contributed by atoms with van der Waals surface area (Å²) in [4.78, 5) is 26.5. The predicted molar refractivity (Wildman–Crippen MR) is 142 cm³/mol. The number of rotatable bonds is 7. The fourth-order valence-corrected chi connectivity index (χ4v) is 4.41. The van der Waals surface area contributed by atoms with Gasteiger partial charge in [-0.1, -0.05) is 40.9 Å². The quantitative estimate of drug-likeness (QED) is 0.227. The minimum atomic E-state index is -0.547. The molecule has 0 bridgehead atoms. The van der Waals surface area contributed by atoms with Crippen molar-refractivity contribution in [1.29, 1.82) is 0 Å². The minimum absolute atomic E-state index is 0.128. The van der Waals surface area contributed by atoms with Gasteiger partial charge in [-0.3, -0.25) is 4.79 Å². The number of nitrogens with zero attached hydrogens (tertiary/aromatic N) is 1. The van der Waals surface area contributed by atoms with Gasteiger partial charge in [0.15, 0.2) is 11.5 Å². The van der Waals surface area contributed by atoms with Crippen molar-refractivity contribution in [3.8, 4) is 11.5 Å². The molecule has 3 amide bonds. The summed E-state index contributed by atoms with van der Waals surface area (Å²) in [6.45, 7) is 2.49. The van der Waals surface area contributed by atoms with E-state index in [0.717, 1.165) is 10.5 Å². The molecule has 1 heterocycles. The SMILES string of the molecule is CCOc1cc(/C=C2/NC(=O)N(c3ccc(Cl)cc3)C2=O)cc(Br)c1OCc1ccc(Cl)c(Cl)c1. The lowest BCUT2D eigenvalue weighted by Gasteiger charge is -2.15. The lowest BCUT2D eigenvalue weighted by molar-refractivity contribution is -0.113. The molecule has 1 N–H and O–H groups in total. The second-order valence-electron chi connectivity index (χ2n) is 7.41. The van der Waals surface area contributed by atoms with E-state index in [-0.39, 0.29) is 12.3 Å². The first-order valence-corrected chi connectivity index (χ1v) is 12.3. The molecule has 3 aromatic carbocycles. The number of urea groups is 1. The second kappa shape index (κ2) is 10.9. The molecule has 1 aliphatic rings. The summed E-state index contributed by atoms with van der Waals surface area (Å²) < 4.78 is 12.4. The molecule has 1 aliphatic heterocycles. The van der Waals surface area contributed by atoms with Gasteiger partial charge in [0.05, 0.1) is 26.8 Å². The Hall–Kier alpha value is -2.71. The van der Waals surface area contributed by atoms with Crippen LogP contribution in [0, 0.1) is 0 Å². The van der Waals surface area contributed by atoms with Crippen molar-refractivity contribution >= 4 is 74.4 Å². The highest BCUT2D eigenvalue weighted by atomic mass is 79.9. The zero-order valence-corrected chi connectivity index (χ0v) is 22.1. The normalized spacial score (nSPS) is 14.4. The van der Waals surface area contributed by atoms with Crippen LogP contribution in [0.4, 0.5) is 10.5 Å². The van der Waals surface area contributed by atoms with Crippen molar-refractivity contribution in [1.82, 2.24) is 5.32 Å². The van der Waals surface area contributed by atoms with Crippen molar-refractivity contribution in [3.63, 3.8) is 0 Å². The third-order valence-corrected chi connectivity index (χ3v) is 6.55. The Morgan fingerprint density at radius 3 is 2.40 bits per heavy atom. The Bertz CT molecular complexity index is 1330. The summed E-state index contributed by atoms with van der Waals surface area (Å²) in [5.74, 6) is 0.483. The molecule has 0 saturated carbocycles. The third kappa shape index (κ3) is 5.76. The van der Waals surface area contributed by atoms with Gasteiger partial charge in [0.2, 0.25) is 0 Å². The van der Waals surface area contributed by atoms with E-state index in [2.05, 4.69) is 21.2 Å². The number of carbonyl (C=O) groups excluding carboxylic acids is 2. The standard InChI is InChI=1S/C25H18BrCl3N2O4/c1-2-34-22-12-15(9-18(26)23(22)35-13-14-3-8-19(28)20(29)10-14)11-21-24(32)31(25(33)30-21)17-6-4-16(27)5-7-17/h3-12H,2,13H2,1H3,(H,30,33)/b21-11+. The maximum absolute atomic E-state index is 12.9. The molecule has 0 unspecified atom stereocenters. The van der Waals surface area contributed by atoms with Gasteiger partial charge in [0.1, 0.15) is 12.3 Å². The smallest absolute Gasteiger partial charge is 0.333 e. The van der Waals surface area contributed by atoms with Crippen LogP contribution in [0.3, 0.4) is 0 Å². The lowest BCUT2D eigenvalue weighted by atomic mass is 10.1. The summed E-state index contributed by atoms with van der Waals surface area (Å²) in [5.41, 5.74) is 2.01. The van der Waals surface area contributed by atoms with E-state index < -0.39 is 11.9 Å². The van der Waals surface area contributed by atoms with Crippen molar-refractivity contribution in [2.75, 3.05) is 11.5 Å². The van der Waals surface area contributed by atoms with Gasteiger partial charge in [-0.15, -0.1) is 0 Å². The van der Waals surface area contributed by atoms with Gasteiger partial charge in [-0.2, -0.15) is 0 Å². The van der Waals surface area contributed by atoms with Crippen LogP contribution in [0.1, 0.15) is 18.1 Å². The van der Waals surface area contributed by atoms with Gasteiger partial charge >= 0.3 is 6.03 Å². The van der Waals surface area contributed by atoms with Crippen LogP contribution in [0.2, 0.25) is 15.1 Å². The van der Waals surface area contributed by atoms with E-state index in [0.29, 0.717) is 48.9 Å². The van der Waals surface area contributed by atoms with Crippen LogP contribution in [0.25, 0.3) is 6.08 Å². The van der Waals surface area contributed by atoms with Crippen LogP contribution in [-0.4, -0.2) is 18.5 Å². The van der Waals surface area contributed by atoms with Crippen molar-refractivity contribution in [3.05, 3.63) is 91.0 Å². The maximum Gasteiger partial charge on any atom is 0.333 e. The zero-order chi connectivity index (χ0) is 25.1. The highest BCUT2D eigenvalue weighted by molar-refractivity contribution is 9.10. The Kier molecular flexibility index (Phi) is 7.91. The van der Waals surface area contributed by atoms with E-state index in [1.807, 2.05) is 13.0 Å². The molecule has 0 radical (unpaired) electrons. The zero-order valence-electron chi connectivity index (χ0n) is 18.3. The largest absolute Gasteiger partial charge is 0.490 e. The number of halogens is 4. The van der Waals surface area contributed by atoms with Crippen LogP contribution >= 0.6 is 50.7 Å². The highest BCUT2D eigenvalue weighted by Crippen LogP contribution is 2.38. The molecule has 1 fully saturated rings. The predicted octanol–water partition coefficient (Wildman–Crippen LogP) is 7.48. The molecule has 35 heavy (non-hydrogen) atoms. The Labute approximate surface area is 225 Å². The van der Waals surface area contributed by atoms with Crippen LogP contribution in [0.5, 0.6) is 11.5 Å². The Morgan fingerprint density at radius 1 is 0.971 bits per heavy atom. The van der Waals surface area contributed by atoms with E-state index in [1.165, 1.54) is 0 Å². The van der Waals surface area contributed by atoms with E-state index in [4.69, 9.17) is 44.3 Å². The van der Waals surface area contributed by atoms with Gasteiger partial charge in [0.25, 0.3) is 5.91 Å². The number of hydrogen-bond donors (Lipinski definition) is 1. The number of ether oxygens (including phenoxy) is 2. The second-order valence-corrected chi connectivity index (χ2v) is 9.51. The topological polar surface area (TPSA) is 67.9 Å². The molecule has 180 valence electrons. The average Bonchev–Trinajstić information content (AvgIpc) is 3.09. The van der Waals surface area contributed by atoms with Crippen molar-refractivity contribution in [2.24, 2.45) is 0 Å². The first kappa shape index (κ1) is 25.4. The van der Waals surface area contributed by atoms with Gasteiger partial charge < -0.3 is 14.8 Å². The summed E-state index contributed by atoms with van der Waals surface area (Å²) in [6.07, 6.45) is 1.58. The number of carbonyl (C=O) groups is 2. The number of anilines is 1. The van der Waals surface area contributed by atoms with Gasteiger partial charge in [-0.05, 0) is 88.6 Å². The minimum Gasteiger partial charge on any atom is -0.490 e. The number of imide groups is 1. The van der Waals surface area contributed by atoms with Crippen molar-refractivity contribution < 1.29 is 19.1 Å². The maximum atomic E-state index is 12.9. The van der Waals surface area contributed by atoms with E-state index >= 15 is 0 Å². The molecule has 3 aromatic rings. The molecule has 0 aromatic heterocycles. The van der Waals surface area contributed by atoms with E-state index in [9.17, 15) is 9.59 Å². The summed E-state index contributed by atoms with van der Waals surface area (Å²) >= 11 is 21.5. The van der Waals surface area contributed by atoms with Crippen molar-refractivity contribution in [2.45, 2.75) is 13.5 Å². The highest BCUT2D eigenvalue weighted by Gasteiger charge is 2.34. The third-order valence-electron chi connectivity index (χ3n) is 4.97. The Morgan fingerprint density at radius 2 is 1.71 bits per heavy atom. The molecule has 4 rings (SSSR count). The molecule has 0 atom stereocenters. The first-order chi connectivity index (χ1) is 16.8. The summed E-state index contributed by atoms with van der Waals surface area (Å²) in [5, 5.41) is 4.02. The van der Waals surface area contributed by atoms with Gasteiger partial charge in [0, 0.05) is 5.02 Å². The molecule has 6 nitrogen and oxygen atoms in total. The molecule has 0 spiro atoms. The molecular formula is C25H18BrCl3N2O4. The molecule has 1 saturated heterocycles. The molecule has 0 aliphatic carbocycles. The average molecular weight is 597 g/mol. The lowest BCUT2D eigenvalue weighted by Crippen LogP contribution is -2.30. The number of amides is 3. The van der Waals surface area contributed by atoms with Crippen LogP contribution < -0.4 is 19.7 Å². The summed E-state index contributed by atoms with van der Waals surface area (Å²) in [6, 6.07) is 14.6. The van der Waals surface area contributed by atoms with Gasteiger partial charge in [-0.25, -0.2) is 9.69 Å².